The first kappa shape index (κ1) is 18.2. The summed E-state index contributed by atoms with van der Waals surface area (Å²) in [5, 5.41) is 0. The molecule has 0 aromatic heterocycles. The second-order valence-corrected chi connectivity index (χ2v) is 5.59. The Morgan fingerprint density at radius 1 is 1.05 bits per heavy atom. The molecule has 0 saturated carbocycles. The van der Waals surface area contributed by atoms with Gasteiger partial charge in [0.05, 0.1) is 6.61 Å². The van der Waals surface area contributed by atoms with E-state index >= 15 is 0 Å². The van der Waals surface area contributed by atoms with Gasteiger partial charge in [0.25, 0.3) is 0 Å². The van der Waals surface area contributed by atoms with Crippen molar-refractivity contribution in [2.24, 2.45) is 5.41 Å². The summed E-state index contributed by atoms with van der Waals surface area (Å²) in [5.74, 6) is -0.307. The monoisotopic (exact) mass is 306 g/mol. The standard InChI is InChI=1S/C18H26O4/c1-6-18(7-2,16(19)21-8-3)17(20)22-15-12-10-9-11-14(15)13(4)5/h9-13H,6-8H2,1-5H3. The largest absolute Gasteiger partial charge is 0.465 e. The molecule has 0 bridgehead atoms. The third-order valence-corrected chi connectivity index (χ3v) is 4.01. The molecule has 0 atom stereocenters. The van der Waals surface area contributed by atoms with Crippen molar-refractivity contribution in [2.75, 3.05) is 6.61 Å². The average Bonchev–Trinajstić information content (AvgIpc) is 2.49. The van der Waals surface area contributed by atoms with E-state index in [1.54, 1.807) is 26.8 Å². The van der Waals surface area contributed by atoms with Crippen molar-refractivity contribution < 1.29 is 19.1 Å². The normalized spacial score (nSPS) is 11.4. The topological polar surface area (TPSA) is 52.6 Å². The van der Waals surface area contributed by atoms with E-state index in [1.807, 2.05) is 32.0 Å². The Labute approximate surface area is 132 Å². The fraction of sp³-hybridized carbons (Fsp3) is 0.556. The van der Waals surface area contributed by atoms with Gasteiger partial charge in [0.1, 0.15) is 5.75 Å². The summed E-state index contributed by atoms with van der Waals surface area (Å²) in [6.07, 6.45) is 0.704. The molecule has 0 amide bonds. The van der Waals surface area contributed by atoms with Gasteiger partial charge in [-0.15, -0.1) is 0 Å². The summed E-state index contributed by atoms with van der Waals surface area (Å²) < 4.78 is 10.7. The number of hydrogen-bond acceptors (Lipinski definition) is 4. The van der Waals surface area contributed by atoms with Crippen LogP contribution in [0.3, 0.4) is 0 Å². The van der Waals surface area contributed by atoms with Crippen molar-refractivity contribution in [1.82, 2.24) is 0 Å². The second-order valence-electron chi connectivity index (χ2n) is 5.59. The van der Waals surface area contributed by atoms with Crippen LogP contribution in [0, 0.1) is 5.41 Å². The molecule has 0 unspecified atom stereocenters. The highest BCUT2D eigenvalue weighted by Crippen LogP contribution is 2.33. The predicted molar refractivity (Wildman–Crippen MR) is 85.8 cm³/mol. The summed E-state index contributed by atoms with van der Waals surface area (Å²) in [7, 11) is 0. The second kappa shape index (κ2) is 7.97. The first-order chi connectivity index (χ1) is 10.4. The predicted octanol–water partition coefficient (Wildman–Crippen LogP) is 4.08. The lowest BCUT2D eigenvalue weighted by Crippen LogP contribution is -2.42. The molecular formula is C18H26O4. The molecule has 0 heterocycles. The maximum atomic E-state index is 12.7. The molecule has 0 saturated heterocycles. The first-order valence-electron chi connectivity index (χ1n) is 7.91. The summed E-state index contributed by atoms with van der Waals surface area (Å²) in [6, 6.07) is 7.41. The number of ether oxygens (including phenoxy) is 2. The summed E-state index contributed by atoms with van der Waals surface area (Å²) in [6.45, 7) is 9.64. The van der Waals surface area contributed by atoms with E-state index in [9.17, 15) is 9.59 Å². The number of para-hydroxylation sites is 1. The van der Waals surface area contributed by atoms with Gasteiger partial charge in [0, 0.05) is 0 Å². The molecule has 4 heteroatoms. The summed E-state index contributed by atoms with van der Waals surface area (Å²) >= 11 is 0. The Balaban J connectivity index is 3.10. The van der Waals surface area contributed by atoms with Crippen LogP contribution in [0.1, 0.15) is 58.9 Å². The lowest BCUT2D eigenvalue weighted by molar-refractivity contribution is -0.167. The van der Waals surface area contributed by atoms with Gasteiger partial charge in [0.2, 0.25) is 0 Å². The Morgan fingerprint density at radius 2 is 1.64 bits per heavy atom. The van der Waals surface area contributed by atoms with Crippen LogP contribution < -0.4 is 4.74 Å². The third-order valence-electron chi connectivity index (χ3n) is 4.01. The highest BCUT2D eigenvalue weighted by molar-refractivity contribution is 6.00. The van der Waals surface area contributed by atoms with Crippen LogP contribution in [0.5, 0.6) is 5.75 Å². The van der Waals surface area contributed by atoms with Crippen LogP contribution in [0.4, 0.5) is 0 Å². The van der Waals surface area contributed by atoms with Crippen molar-refractivity contribution in [3.8, 4) is 5.75 Å². The molecule has 0 aliphatic rings. The van der Waals surface area contributed by atoms with E-state index in [2.05, 4.69) is 0 Å². The molecule has 1 rings (SSSR count). The van der Waals surface area contributed by atoms with E-state index in [-0.39, 0.29) is 12.5 Å². The molecule has 0 N–H and O–H groups in total. The SMILES string of the molecule is CCOC(=O)C(CC)(CC)C(=O)Oc1ccccc1C(C)C. The molecule has 22 heavy (non-hydrogen) atoms. The van der Waals surface area contributed by atoms with E-state index in [0.29, 0.717) is 18.6 Å². The molecule has 0 spiro atoms. The Hall–Kier alpha value is -1.84. The van der Waals surface area contributed by atoms with E-state index in [4.69, 9.17) is 9.47 Å². The van der Waals surface area contributed by atoms with Gasteiger partial charge in [-0.3, -0.25) is 9.59 Å². The van der Waals surface area contributed by atoms with Crippen molar-refractivity contribution >= 4 is 11.9 Å². The Morgan fingerprint density at radius 3 is 2.14 bits per heavy atom. The number of carbonyl (C=O) groups excluding carboxylic acids is 2. The highest BCUT2D eigenvalue weighted by Gasteiger charge is 2.46. The molecule has 1 aromatic rings. The third kappa shape index (κ3) is 3.67. The smallest absolute Gasteiger partial charge is 0.328 e. The van der Waals surface area contributed by atoms with Crippen LogP contribution in [0.15, 0.2) is 24.3 Å². The molecular weight excluding hydrogens is 280 g/mol. The van der Waals surface area contributed by atoms with Gasteiger partial charge in [0.15, 0.2) is 5.41 Å². The molecule has 0 aliphatic carbocycles. The lowest BCUT2D eigenvalue weighted by atomic mass is 9.82. The average molecular weight is 306 g/mol. The van der Waals surface area contributed by atoms with E-state index in [0.717, 1.165) is 5.56 Å². The maximum Gasteiger partial charge on any atom is 0.328 e. The first-order valence-corrected chi connectivity index (χ1v) is 7.91. The van der Waals surface area contributed by atoms with Crippen LogP contribution in [-0.2, 0) is 14.3 Å². The summed E-state index contributed by atoms with van der Waals surface area (Å²) in [4.78, 5) is 24.9. The molecule has 0 radical (unpaired) electrons. The lowest BCUT2D eigenvalue weighted by Gasteiger charge is -2.27. The minimum atomic E-state index is -1.24. The van der Waals surface area contributed by atoms with Gasteiger partial charge >= 0.3 is 11.9 Å². The summed E-state index contributed by atoms with van der Waals surface area (Å²) in [5.41, 5.74) is -0.291. The fourth-order valence-corrected chi connectivity index (χ4v) is 2.43. The zero-order valence-electron chi connectivity index (χ0n) is 14.1. The van der Waals surface area contributed by atoms with Gasteiger partial charge in [-0.25, -0.2) is 0 Å². The van der Waals surface area contributed by atoms with Gasteiger partial charge in [-0.2, -0.15) is 0 Å². The quantitative estimate of drug-likeness (QED) is 0.432. The number of benzene rings is 1. The number of rotatable bonds is 7. The van der Waals surface area contributed by atoms with Gasteiger partial charge in [-0.05, 0) is 37.3 Å². The zero-order valence-corrected chi connectivity index (χ0v) is 14.1. The molecule has 0 fully saturated rings. The van der Waals surface area contributed by atoms with Crippen LogP contribution >= 0.6 is 0 Å². The van der Waals surface area contributed by atoms with Crippen LogP contribution in [0.25, 0.3) is 0 Å². The van der Waals surface area contributed by atoms with Gasteiger partial charge in [-0.1, -0.05) is 45.9 Å². The molecule has 1 aromatic carbocycles. The van der Waals surface area contributed by atoms with E-state index < -0.39 is 17.4 Å². The highest BCUT2D eigenvalue weighted by atomic mass is 16.6. The number of esters is 2. The molecule has 0 aliphatic heterocycles. The number of carbonyl (C=O) groups is 2. The zero-order chi connectivity index (χ0) is 16.8. The van der Waals surface area contributed by atoms with Gasteiger partial charge < -0.3 is 9.47 Å². The Bertz CT molecular complexity index is 516. The van der Waals surface area contributed by atoms with Crippen molar-refractivity contribution in [3.05, 3.63) is 29.8 Å². The van der Waals surface area contributed by atoms with Crippen molar-refractivity contribution in [3.63, 3.8) is 0 Å². The minimum Gasteiger partial charge on any atom is -0.465 e. The van der Waals surface area contributed by atoms with Crippen molar-refractivity contribution in [1.29, 1.82) is 0 Å². The minimum absolute atomic E-state index is 0.226. The molecule has 4 nitrogen and oxygen atoms in total. The fourth-order valence-electron chi connectivity index (χ4n) is 2.43. The molecule has 122 valence electrons. The Kier molecular flexibility index (Phi) is 6.60. The van der Waals surface area contributed by atoms with Crippen LogP contribution in [0.2, 0.25) is 0 Å². The van der Waals surface area contributed by atoms with Crippen LogP contribution in [-0.4, -0.2) is 18.5 Å². The van der Waals surface area contributed by atoms with E-state index in [1.165, 1.54) is 0 Å². The number of hydrogen-bond donors (Lipinski definition) is 0. The van der Waals surface area contributed by atoms with Crippen molar-refractivity contribution in [2.45, 2.75) is 53.4 Å². The maximum absolute atomic E-state index is 12.7.